The Labute approximate surface area is 131 Å². The summed E-state index contributed by atoms with van der Waals surface area (Å²) in [5.41, 5.74) is 0.121. The molecule has 23 heavy (non-hydrogen) atoms. The molecule has 0 aromatic carbocycles. The van der Waals surface area contributed by atoms with Gasteiger partial charge < -0.3 is 9.88 Å². The average Bonchev–Trinajstić information content (AvgIpc) is 3.06. The van der Waals surface area contributed by atoms with E-state index in [1.54, 1.807) is 13.0 Å². The van der Waals surface area contributed by atoms with Gasteiger partial charge in [0.25, 0.3) is 0 Å². The highest BCUT2D eigenvalue weighted by Crippen LogP contribution is 2.33. The van der Waals surface area contributed by atoms with Gasteiger partial charge in [0.2, 0.25) is 5.91 Å². The lowest BCUT2D eigenvalue weighted by Crippen LogP contribution is -2.35. The second kappa shape index (κ2) is 5.86. The smallest absolute Gasteiger partial charge is 0.352 e. The summed E-state index contributed by atoms with van der Waals surface area (Å²) in [6, 6.07) is 2.77. The Hall–Kier alpha value is -2.05. The third-order valence-electron chi connectivity index (χ3n) is 4.18. The molecule has 7 heteroatoms. The van der Waals surface area contributed by atoms with Crippen molar-refractivity contribution in [1.29, 1.82) is 0 Å². The minimum atomic E-state index is -4.53. The van der Waals surface area contributed by atoms with Crippen molar-refractivity contribution in [3.05, 3.63) is 29.6 Å². The number of hydrogen-bond donors (Lipinski definition) is 1. The molecule has 0 aliphatic heterocycles. The standard InChI is InChI=1S/C16H18F3N3O/c1-10-6-11-7-13(16(17,18)19)22(15(11)20-8-10)9-14(23)21-12-4-2-3-5-12/h6-8,12H,2-5,9H2,1H3,(H,21,23). The minimum absolute atomic E-state index is 0.0777. The molecule has 2 aromatic rings. The number of aromatic nitrogens is 2. The van der Waals surface area contributed by atoms with Gasteiger partial charge in [-0.2, -0.15) is 13.2 Å². The maximum Gasteiger partial charge on any atom is 0.431 e. The molecule has 1 fully saturated rings. The Bertz CT molecular complexity index is 730. The van der Waals surface area contributed by atoms with Crippen LogP contribution in [0.15, 0.2) is 18.3 Å². The monoisotopic (exact) mass is 325 g/mol. The highest BCUT2D eigenvalue weighted by atomic mass is 19.4. The van der Waals surface area contributed by atoms with Crippen molar-refractivity contribution in [3.8, 4) is 0 Å². The number of nitrogens with zero attached hydrogens (tertiary/aromatic N) is 2. The van der Waals surface area contributed by atoms with Gasteiger partial charge in [-0.3, -0.25) is 4.79 Å². The van der Waals surface area contributed by atoms with Crippen LogP contribution in [0.4, 0.5) is 13.2 Å². The van der Waals surface area contributed by atoms with Crippen LogP contribution in [0.2, 0.25) is 0 Å². The van der Waals surface area contributed by atoms with Crippen LogP contribution in [-0.4, -0.2) is 21.5 Å². The van der Waals surface area contributed by atoms with Gasteiger partial charge in [-0.1, -0.05) is 12.8 Å². The fourth-order valence-electron chi connectivity index (χ4n) is 3.14. The second-order valence-corrected chi connectivity index (χ2v) is 6.09. The number of amides is 1. The van der Waals surface area contributed by atoms with Crippen LogP contribution in [0, 0.1) is 6.92 Å². The summed E-state index contributed by atoms with van der Waals surface area (Å²) in [5.74, 6) is -0.401. The number of fused-ring (bicyclic) bond motifs is 1. The van der Waals surface area contributed by atoms with Crippen LogP contribution in [0.1, 0.15) is 36.9 Å². The predicted molar refractivity (Wildman–Crippen MR) is 79.9 cm³/mol. The molecule has 1 N–H and O–H groups in total. The number of carbonyl (C=O) groups is 1. The molecular formula is C16H18F3N3O. The van der Waals surface area contributed by atoms with Crippen molar-refractivity contribution >= 4 is 16.9 Å². The second-order valence-electron chi connectivity index (χ2n) is 6.09. The van der Waals surface area contributed by atoms with Gasteiger partial charge in [0.05, 0.1) is 0 Å². The van der Waals surface area contributed by atoms with E-state index in [4.69, 9.17) is 0 Å². The summed E-state index contributed by atoms with van der Waals surface area (Å²) < 4.78 is 40.7. The largest absolute Gasteiger partial charge is 0.431 e. The molecule has 0 atom stereocenters. The minimum Gasteiger partial charge on any atom is -0.352 e. The van der Waals surface area contributed by atoms with Crippen LogP contribution in [0.25, 0.3) is 11.0 Å². The van der Waals surface area contributed by atoms with Crippen LogP contribution in [-0.2, 0) is 17.5 Å². The molecule has 0 radical (unpaired) electrons. The number of rotatable bonds is 3. The van der Waals surface area contributed by atoms with Crippen LogP contribution < -0.4 is 5.32 Å². The van der Waals surface area contributed by atoms with E-state index in [1.807, 2.05) is 0 Å². The van der Waals surface area contributed by atoms with Gasteiger partial charge in [-0.25, -0.2) is 4.98 Å². The molecule has 0 spiro atoms. The Morgan fingerprint density at radius 1 is 1.35 bits per heavy atom. The van der Waals surface area contributed by atoms with Crippen molar-refractivity contribution in [2.45, 2.75) is 51.4 Å². The molecule has 2 aromatic heterocycles. The van der Waals surface area contributed by atoms with E-state index < -0.39 is 17.8 Å². The van der Waals surface area contributed by atoms with Crippen molar-refractivity contribution in [2.75, 3.05) is 0 Å². The van der Waals surface area contributed by atoms with Crippen molar-refractivity contribution < 1.29 is 18.0 Å². The molecule has 1 aliphatic carbocycles. The maximum absolute atomic E-state index is 13.3. The summed E-state index contributed by atoms with van der Waals surface area (Å²) >= 11 is 0. The number of pyridine rings is 1. The summed E-state index contributed by atoms with van der Waals surface area (Å²) in [4.78, 5) is 16.2. The number of hydrogen-bond acceptors (Lipinski definition) is 2. The van der Waals surface area contributed by atoms with Crippen LogP contribution >= 0.6 is 0 Å². The predicted octanol–water partition coefficient (Wildman–Crippen LogP) is 3.42. The van der Waals surface area contributed by atoms with Gasteiger partial charge in [-0.15, -0.1) is 0 Å². The average molecular weight is 325 g/mol. The molecular weight excluding hydrogens is 307 g/mol. The zero-order valence-electron chi connectivity index (χ0n) is 12.8. The number of halogens is 3. The quantitative estimate of drug-likeness (QED) is 0.940. The number of aryl methyl sites for hydroxylation is 1. The number of nitrogens with one attached hydrogen (secondary N) is 1. The van der Waals surface area contributed by atoms with Gasteiger partial charge in [0, 0.05) is 17.6 Å². The summed E-state index contributed by atoms with van der Waals surface area (Å²) in [7, 11) is 0. The first-order chi connectivity index (χ1) is 10.8. The third-order valence-corrected chi connectivity index (χ3v) is 4.18. The van der Waals surface area contributed by atoms with E-state index in [1.165, 1.54) is 6.20 Å². The molecule has 1 aliphatic rings. The fourth-order valence-corrected chi connectivity index (χ4v) is 3.14. The SMILES string of the molecule is Cc1cnc2c(c1)cc(C(F)(F)F)n2CC(=O)NC1CCCC1. The zero-order chi connectivity index (χ0) is 16.6. The first-order valence-electron chi connectivity index (χ1n) is 7.67. The Morgan fingerprint density at radius 2 is 2.04 bits per heavy atom. The van der Waals surface area contributed by atoms with Crippen molar-refractivity contribution in [2.24, 2.45) is 0 Å². The summed E-state index contributed by atoms with van der Waals surface area (Å²) in [6.07, 6.45) is 0.859. The molecule has 1 saturated carbocycles. The number of alkyl halides is 3. The van der Waals surface area contributed by atoms with E-state index in [2.05, 4.69) is 10.3 Å². The first kappa shape index (κ1) is 15.8. The van der Waals surface area contributed by atoms with Crippen LogP contribution in [0.3, 0.4) is 0 Å². The lowest BCUT2D eigenvalue weighted by atomic mass is 10.2. The normalized spacial score (nSPS) is 16.2. The van der Waals surface area contributed by atoms with Gasteiger partial charge in [0.1, 0.15) is 17.9 Å². The molecule has 1 amide bonds. The Kier molecular flexibility index (Phi) is 4.04. The van der Waals surface area contributed by atoms with E-state index in [9.17, 15) is 18.0 Å². The maximum atomic E-state index is 13.3. The van der Waals surface area contributed by atoms with Crippen molar-refractivity contribution in [1.82, 2.24) is 14.9 Å². The topological polar surface area (TPSA) is 46.9 Å². The Balaban J connectivity index is 1.92. The highest BCUT2D eigenvalue weighted by molar-refractivity contribution is 5.82. The lowest BCUT2D eigenvalue weighted by molar-refractivity contribution is -0.143. The molecule has 2 heterocycles. The first-order valence-corrected chi connectivity index (χ1v) is 7.67. The molecule has 0 saturated heterocycles. The summed E-state index contributed by atoms with van der Waals surface area (Å²) in [6.45, 7) is 1.40. The van der Waals surface area contributed by atoms with Crippen LogP contribution in [0.5, 0.6) is 0 Å². The highest BCUT2D eigenvalue weighted by Gasteiger charge is 2.36. The molecule has 124 valence electrons. The van der Waals surface area contributed by atoms with Gasteiger partial charge in [0.15, 0.2) is 0 Å². The number of carbonyl (C=O) groups excluding carboxylic acids is 1. The van der Waals surface area contributed by atoms with E-state index in [-0.39, 0.29) is 18.2 Å². The van der Waals surface area contributed by atoms with Gasteiger partial charge in [-0.05, 0) is 37.5 Å². The van der Waals surface area contributed by atoms with E-state index in [0.29, 0.717) is 5.39 Å². The zero-order valence-corrected chi connectivity index (χ0v) is 12.8. The van der Waals surface area contributed by atoms with Gasteiger partial charge >= 0.3 is 6.18 Å². The molecule has 4 nitrogen and oxygen atoms in total. The summed E-state index contributed by atoms with van der Waals surface area (Å²) in [5, 5.41) is 3.21. The third kappa shape index (κ3) is 3.33. The fraction of sp³-hybridized carbons (Fsp3) is 0.500. The molecule has 0 bridgehead atoms. The molecule has 3 rings (SSSR count). The van der Waals surface area contributed by atoms with E-state index in [0.717, 1.165) is 41.9 Å². The molecule has 0 unspecified atom stereocenters. The van der Waals surface area contributed by atoms with E-state index >= 15 is 0 Å². The van der Waals surface area contributed by atoms with Crippen molar-refractivity contribution in [3.63, 3.8) is 0 Å². The lowest BCUT2D eigenvalue weighted by Gasteiger charge is -2.15. The Morgan fingerprint density at radius 3 is 2.70 bits per heavy atom.